The van der Waals surface area contributed by atoms with E-state index in [0.717, 1.165) is 10.6 Å². The first kappa shape index (κ1) is 27.8. The van der Waals surface area contributed by atoms with Crippen LogP contribution in [0.25, 0.3) is 0 Å². The zero-order valence-electron chi connectivity index (χ0n) is 19.7. The smallest absolute Gasteiger partial charge is 0.244 e. The van der Waals surface area contributed by atoms with Crippen LogP contribution in [-0.2, 0) is 26.2 Å². The first-order valence-electron chi connectivity index (χ1n) is 10.5. The molecule has 0 aromatic heterocycles. The normalized spacial score (nSPS) is 12.2. The van der Waals surface area contributed by atoms with Crippen LogP contribution in [0.1, 0.15) is 26.3 Å². The largest absolute Gasteiger partial charge is 0.497 e. The topological polar surface area (TPSA) is 96.0 Å². The summed E-state index contributed by atoms with van der Waals surface area (Å²) in [6.07, 6.45) is 1.00. The van der Waals surface area contributed by atoms with Gasteiger partial charge < -0.3 is 15.0 Å². The van der Waals surface area contributed by atoms with E-state index in [-0.39, 0.29) is 24.2 Å². The Morgan fingerprint density at radius 3 is 2.18 bits per heavy atom. The van der Waals surface area contributed by atoms with Gasteiger partial charge in [0, 0.05) is 34.3 Å². The van der Waals surface area contributed by atoms with Crippen LogP contribution < -0.4 is 14.4 Å². The summed E-state index contributed by atoms with van der Waals surface area (Å²) in [7, 11) is -2.39. The number of hydrogen-bond donors (Lipinski definition) is 1. The molecule has 2 aromatic carbocycles. The first-order chi connectivity index (χ1) is 15.8. The van der Waals surface area contributed by atoms with E-state index in [9.17, 15) is 18.0 Å². The summed E-state index contributed by atoms with van der Waals surface area (Å²) < 4.78 is 31.3. The van der Waals surface area contributed by atoms with Gasteiger partial charge >= 0.3 is 0 Å². The van der Waals surface area contributed by atoms with E-state index >= 15 is 0 Å². The van der Waals surface area contributed by atoms with Crippen molar-refractivity contribution in [3.05, 3.63) is 58.1 Å². The fraction of sp³-hybridized carbons (Fsp3) is 0.391. The maximum absolute atomic E-state index is 13.5. The lowest BCUT2D eigenvalue weighted by atomic mass is 10.1. The third-order valence-electron chi connectivity index (χ3n) is 5.01. The summed E-state index contributed by atoms with van der Waals surface area (Å²) in [6, 6.07) is 10.2. The van der Waals surface area contributed by atoms with Gasteiger partial charge in [0.05, 0.1) is 19.1 Å². The highest BCUT2D eigenvalue weighted by Crippen LogP contribution is 2.28. The summed E-state index contributed by atoms with van der Waals surface area (Å²) in [5.41, 5.74) is 0.709. The number of benzene rings is 2. The second-order valence-corrected chi connectivity index (χ2v) is 10.8. The van der Waals surface area contributed by atoms with Crippen molar-refractivity contribution in [2.24, 2.45) is 0 Å². The van der Waals surface area contributed by atoms with Crippen molar-refractivity contribution in [2.75, 3.05) is 24.2 Å². The SMILES string of the molecule is COc1cccc(N(CC(=O)N(Cc2c(Cl)cccc2Cl)C(C)C(=O)NC(C)C)S(C)(=O)=O)c1. The van der Waals surface area contributed by atoms with Crippen molar-refractivity contribution >= 4 is 50.7 Å². The second-order valence-electron chi connectivity index (χ2n) is 8.03. The van der Waals surface area contributed by atoms with Crippen molar-refractivity contribution in [2.45, 2.75) is 39.4 Å². The molecule has 186 valence electrons. The number of nitrogens with one attached hydrogen (secondary N) is 1. The van der Waals surface area contributed by atoms with Crippen LogP contribution in [0.4, 0.5) is 5.69 Å². The molecule has 0 saturated heterocycles. The number of halogens is 2. The van der Waals surface area contributed by atoms with Gasteiger partial charge in [0.1, 0.15) is 18.3 Å². The highest BCUT2D eigenvalue weighted by atomic mass is 35.5. The van der Waals surface area contributed by atoms with E-state index < -0.39 is 28.5 Å². The molecule has 2 amide bonds. The first-order valence-corrected chi connectivity index (χ1v) is 13.1. The van der Waals surface area contributed by atoms with Gasteiger partial charge in [-0.2, -0.15) is 0 Å². The third-order valence-corrected chi connectivity index (χ3v) is 6.86. The van der Waals surface area contributed by atoms with E-state index in [4.69, 9.17) is 27.9 Å². The average Bonchev–Trinajstić information content (AvgIpc) is 2.75. The lowest BCUT2D eigenvalue weighted by molar-refractivity contribution is -0.139. The van der Waals surface area contributed by atoms with E-state index in [0.29, 0.717) is 21.4 Å². The van der Waals surface area contributed by atoms with Crippen molar-refractivity contribution in [1.82, 2.24) is 10.2 Å². The number of amides is 2. The minimum Gasteiger partial charge on any atom is -0.497 e. The Kier molecular flexibility index (Phi) is 9.61. The highest BCUT2D eigenvalue weighted by molar-refractivity contribution is 7.92. The Balaban J connectivity index is 2.46. The van der Waals surface area contributed by atoms with Crippen LogP contribution in [0.2, 0.25) is 10.0 Å². The van der Waals surface area contributed by atoms with Crippen LogP contribution >= 0.6 is 23.2 Å². The Morgan fingerprint density at radius 1 is 1.06 bits per heavy atom. The molecular weight excluding hydrogens is 501 g/mol. The molecule has 0 aliphatic rings. The zero-order valence-corrected chi connectivity index (χ0v) is 22.0. The molecule has 1 unspecified atom stereocenters. The number of ether oxygens (including phenoxy) is 1. The van der Waals surface area contributed by atoms with E-state index in [1.54, 1.807) is 57.2 Å². The zero-order chi connectivity index (χ0) is 25.6. The number of anilines is 1. The van der Waals surface area contributed by atoms with Crippen LogP contribution in [0.5, 0.6) is 5.75 Å². The van der Waals surface area contributed by atoms with Crippen molar-refractivity contribution < 1.29 is 22.7 Å². The Bertz CT molecular complexity index is 1120. The molecule has 0 bridgehead atoms. The van der Waals surface area contributed by atoms with Gasteiger partial charge in [0.25, 0.3) is 0 Å². The monoisotopic (exact) mass is 529 g/mol. The molecule has 0 heterocycles. The Morgan fingerprint density at radius 2 is 1.65 bits per heavy atom. The summed E-state index contributed by atoms with van der Waals surface area (Å²) >= 11 is 12.6. The molecular formula is C23H29Cl2N3O5S. The van der Waals surface area contributed by atoms with Gasteiger partial charge in [-0.25, -0.2) is 8.42 Å². The molecule has 1 atom stereocenters. The van der Waals surface area contributed by atoms with Gasteiger partial charge in [-0.15, -0.1) is 0 Å². The maximum atomic E-state index is 13.5. The van der Waals surface area contributed by atoms with Crippen LogP contribution in [0, 0.1) is 0 Å². The Labute approximate surface area is 210 Å². The number of carbonyl (C=O) groups excluding carboxylic acids is 2. The summed E-state index contributed by atoms with van der Waals surface area (Å²) in [6.45, 7) is 4.55. The fourth-order valence-corrected chi connectivity index (χ4v) is 4.58. The molecule has 2 aromatic rings. The van der Waals surface area contributed by atoms with Gasteiger partial charge in [-0.3, -0.25) is 13.9 Å². The molecule has 0 aliphatic heterocycles. The quantitative estimate of drug-likeness (QED) is 0.506. The van der Waals surface area contributed by atoms with Gasteiger partial charge in [-0.1, -0.05) is 35.3 Å². The highest BCUT2D eigenvalue weighted by Gasteiger charge is 2.31. The van der Waals surface area contributed by atoms with Crippen LogP contribution in [-0.4, -0.2) is 57.1 Å². The molecule has 0 saturated carbocycles. The summed E-state index contributed by atoms with van der Waals surface area (Å²) in [5.74, 6) is -0.558. The minimum atomic E-state index is -3.85. The lowest BCUT2D eigenvalue weighted by Crippen LogP contribution is -2.52. The second kappa shape index (κ2) is 11.8. The number of rotatable bonds is 10. The summed E-state index contributed by atoms with van der Waals surface area (Å²) in [4.78, 5) is 27.6. The van der Waals surface area contributed by atoms with Gasteiger partial charge in [-0.05, 0) is 45.0 Å². The predicted molar refractivity (Wildman–Crippen MR) is 135 cm³/mol. The number of nitrogens with zero attached hydrogens (tertiary/aromatic N) is 2. The fourth-order valence-electron chi connectivity index (χ4n) is 3.22. The molecule has 0 radical (unpaired) electrons. The number of sulfonamides is 1. The number of hydrogen-bond acceptors (Lipinski definition) is 5. The maximum Gasteiger partial charge on any atom is 0.244 e. The molecule has 8 nitrogen and oxygen atoms in total. The van der Waals surface area contributed by atoms with Gasteiger partial charge in [0.2, 0.25) is 21.8 Å². The van der Waals surface area contributed by atoms with E-state index in [2.05, 4.69) is 5.32 Å². The van der Waals surface area contributed by atoms with E-state index in [1.807, 2.05) is 0 Å². The third kappa shape index (κ3) is 7.25. The Hall–Kier alpha value is -2.49. The minimum absolute atomic E-state index is 0.0836. The number of carbonyl (C=O) groups is 2. The molecule has 0 spiro atoms. The van der Waals surface area contributed by atoms with Crippen molar-refractivity contribution in [1.29, 1.82) is 0 Å². The molecule has 0 fully saturated rings. The predicted octanol–water partition coefficient (Wildman–Crippen LogP) is 3.71. The van der Waals surface area contributed by atoms with Crippen molar-refractivity contribution in [3.63, 3.8) is 0 Å². The van der Waals surface area contributed by atoms with Crippen LogP contribution in [0.15, 0.2) is 42.5 Å². The molecule has 2 rings (SSSR count). The molecule has 1 N–H and O–H groups in total. The molecule has 34 heavy (non-hydrogen) atoms. The summed E-state index contributed by atoms with van der Waals surface area (Å²) in [5, 5.41) is 3.43. The average molecular weight is 530 g/mol. The lowest BCUT2D eigenvalue weighted by Gasteiger charge is -2.32. The van der Waals surface area contributed by atoms with Gasteiger partial charge in [0.15, 0.2) is 0 Å². The standard InChI is InChI=1S/C23H29Cl2N3O5S/c1-15(2)26-23(30)16(3)27(13-19-20(24)10-7-11-21(19)25)22(29)14-28(34(5,31)32)17-8-6-9-18(12-17)33-4/h6-12,15-16H,13-14H2,1-5H3,(H,26,30). The molecule has 0 aliphatic carbocycles. The van der Waals surface area contributed by atoms with E-state index in [1.165, 1.54) is 18.1 Å². The number of methoxy groups -OCH3 is 1. The van der Waals surface area contributed by atoms with Crippen molar-refractivity contribution in [3.8, 4) is 5.75 Å². The van der Waals surface area contributed by atoms with Crippen LogP contribution in [0.3, 0.4) is 0 Å². The molecule has 11 heteroatoms.